The van der Waals surface area contributed by atoms with E-state index in [0.717, 1.165) is 49.1 Å². The van der Waals surface area contributed by atoms with Crippen molar-refractivity contribution in [3.05, 3.63) is 46.3 Å². The van der Waals surface area contributed by atoms with Crippen LogP contribution in [0.1, 0.15) is 65.0 Å². The number of aliphatic hydroxyl groups is 1. The first kappa shape index (κ1) is 20.0. The Morgan fingerprint density at radius 1 is 1.17 bits per heavy atom. The molecule has 4 rings (SSSR count). The summed E-state index contributed by atoms with van der Waals surface area (Å²) in [6.07, 6.45) is 6.06. The fourth-order valence-corrected chi connectivity index (χ4v) is 4.36. The second-order valence-electron chi connectivity index (χ2n) is 8.64. The zero-order chi connectivity index (χ0) is 20.4. The SMILES string of the molecule is Cc1ccc(OCC2(O)CCCN(C(=O)c3n[nH]c4c3CCCC4)CC2)cc1C. The molecule has 0 radical (unpaired) electrons. The zero-order valence-electron chi connectivity index (χ0n) is 17.5. The molecule has 1 amide bonds. The molecule has 6 heteroatoms. The Balaban J connectivity index is 1.38. The van der Waals surface area contributed by atoms with Crippen LogP contribution in [0.4, 0.5) is 0 Å². The number of ether oxygens (including phenoxy) is 1. The summed E-state index contributed by atoms with van der Waals surface area (Å²) in [6, 6.07) is 5.98. The van der Waals surface area contributed by atoms with Crippen LogP contribution in [0.2, 0.25) is 0 Å². The molecule has 0 bridgehead atoms. The van der Waals surface area contributed by atoms with Crippen molar-refractivity contribution in [3.8, 4) is 5.75 Å². The summed E-state index contributed by atoms with van der Waals surface area (Å²) in [7, 11) is 0. The zero-order valence-corrected chi connectivity index (χ0v) is 17.5. The van der Waals surface area contributed by atoms with Crippen LogP contribution in [0.5, 0.6) is 5.75 Å². The fourth-order valence-electron chi connectivity index (χ4n) is 4.36. The first-order chi connectivity index (χ1) is 14.0. The van der Waals surface area contributed by atoms with Crippen LogP contribution >= 0.6 is 0 Å². The number of likely N-dealkylation sites (tertiary alicyclic amines) is 1. The summed E-state index contributed by atoms with van der Waals surface area (Å²) in [6.45, 7) is 5.54. The minimum Gasteiger partial charge on any atom is -0.491 e. The van der Waals surface area contributed by atoms with E-state index in [1.54, 1.807) is 0 Å². The van der Waals surface area contributed by atoms with E-state index in [1.165, 1.54) is 11.1 Å². The van der Waals surface area contributed by atoms with Crippen LogP contribution in [-0.2, 0) is 12.8 Å². The molecule has 2 aromatic rings. The summed E-state index contributed by atoms with van der Waals surface area (Å²) in [5.74, 6) is 0.769. The molecule has 0 saturated carbocycles. The number of nitrogens with one attached hydrogen (secondary N) is 1. The Kier molecular flexibility index (Phi) is 5.63. The maximum atomic E-state index is 13.1. The number of fused-ring (bicyclic) bond motifs is 1. The third kappa shape index (κ3) is 4.32. The molecule has 1 aliphatic heterocycles. The number of aromatic nitrogens is 2. The monoisotopic (exact) mass is 397 g/mol. The smallest absolute Gasteiger partial charge is 0.274 e. The average Bonchev–Trinajstić information content (AvgIpc) is 3.05. The third-order valence-electron chi connectivity index (χ3n) is 6.45. The van der Waals surface area contributed by atoms with Crippen molar-refractivity contribution in [2.24, 2.45) is 0 Å². The highest BCUT2D eigenvalue weighted by molar-refractivity contribution is 5.94. The van der Waals surface area contributed by atoms with Gasteiger partial charge in [0.2, 0.25) is 0 Å². The lowest BCUT2D eigenvalue weighted by Crippen LogP contribution is -2.38. The molecular weight excluding hydrogens is 366 g/mol. The second-order valence-corrected chi connectivity index (χ2v) is 8.64. The number of nitrogens with zero attached hydrogens (tertiary/aromatic N) is 2. The molecule has 2 aliphatic rings. The second kappa shape index (κ2) is 8.19. The minimum absolute atomic E-state index is 0.0104. The van der Waals surface area contributed by atoms with Gasteiger partial charge in [-0.3, -0.25) is 9.89 Å². The molecule has 6 nitrogen and oxygen atoms in total. The molecule has 156 valence electrons. The molecule has 2 N–H and O–H groups in total. The van der Waals surface area contributed by atoms with Crippen molar-refractivity contribution in [1.82, 2.24) is 15.1 Å². The number of aromatic amines is 1. The molecular formula is C23H31N3O3. The lowest BCUT2D eigenvalue weighted by molar-refractivity contribution is -0.0163. The number of amides is 1. The number of carbonyl (C=O) groups is 1. The molecule has 0 spiro atoms. The van der Waals surface area contributed by atoms with Crippen LogP contribution in [0, 0.1) is 13.8 Å². The number of benzene rings is 1. The van der Waals surface area contributed by atoms with Crippen molar-refractivity contribution < 1.29 is 14.6 Å². The Labute approximate surface area is 172 Å². The number of hydrogen-bond acceptors (Lipinski definition) is 4. The van der Waals surface area contributed by atoms with Crippen molar-refractivity contribution in [2.45, 2.75) is 64.4 Å². The van der Waals surface area contributed by atoms with Crippen molar-refractivity contribution in [1.29, 1.82) is 0 Å². The Hall–Kier alpha value is -2.34. The van der Waals surface area contributed by atoms with Gasteiger partial charge in [0.15, 0.2) is 5.69 Å². The van der Waals surface area contributed by atoms with Gasteiger partial charge in [-0.1, -0.05) is 6.07 Å². The van der Waals surface area contributed by atoms with Gasteiger partial charge in [0, 0.05) is 24.3 Å². The normalized spacial score (nSPS) is 22.1. The van der Waals surface area contributed by atoms with E-state index in [1.807, 2.05) is 23.1 Å². The van der Waals surface area contributed by atoms with E-state index in [0.29, 0.717) is 31.6 Å². The number of carbonyl (C=O) groups excluding carboxylic acids is 1. The number of hydrogen-bond donors (Lipinski definition) is 2. The Morgan fingerprint density at radius 3 is 2.83 bits per heavy atom. The first-order valence-electron chi connectivity index (χ1n) is 10.7. The maximum absolute atomic E-state index is 13.1. The van der Waals surface area contributed by atoms with Gasteiger partial charge in [-0.25, -0.2) is 0 Å². The quantitative estimate of drug-likeness (QED) is 0.829. The summed E-state index contributed by atoms with van der Waals surface area (Å²) < 4.78 is 5.91. The third-order valence-corrected chi connectivity index (χ3v) is 6.45. The van der Waals surface area contributed by atoms with Crippen LogP contribution < -0.4 is 4.74 Å². The van der Waals surface area contributed by atoms with Crippen molar-refractivity contribution in [2.75, 3.05) is 19.7 Å². The molecule has 1 unspecified atom stereocenters. The summed E-state index contributed by atoms with van der Waals surface area (Å²) in [5, 5.41) is 18.5. The summed E-state index contributed by atoms with van der Waals surface area (Å²) in [5.41, 5.74) is 4.27. The molecule has 1 atom stereocenters. The maximum Gasteiger partial charge on any atom is 0.274 e. The van der Waals surface area contributed by atoms with E-state index in [9.17, 15) is 9.90 Å². The number of rotatable bonds is 4. The van der Waals surface area contributed by atoms with E-state index < -0.39 is 5.60 Å². The minimum atomic E-state index is -0.918. The van der Waals surface area contributed by atoms with Gasteiger partial charge in [0.25, 0.3) is 5.91 Å². The Morgan fingerprint density at radius 2 is 2.00 bits per heavy atom. The Bertz CT molecular complexity index is 891. The summed E-state index contributed by atoms with van der Waals surface area (Å²) in [4.78, 5) is 14.9. The standard InChI is InChI=1S/C23H31N3O3/c1-16-8-9-18(14-17(16)2)29-15-23(28)10-5-12-26(13-11-23)22(27)21-19-6-3-4-7-20(19)24-25-21/h8-9,14,28H,3-7,10-13,15H2,1-2H3,(H,24,25). The van der Waals surface area contributed by atoms with E-state index in [-0.39, 0.29) is 12.5 Å². The van der Waals surface area contributed by atoms with Gasteiger partial charge >= 0.3 is 0 Å². The molecule has 1 fully saturated rings. The van der Waals surface area contributed by atoms with E-state index in [2.05, 4.69) is 24.0 Å². The summed E-state index contributed by atoms with van der Waals surface area (Å²) >= 11 is 0. The van der Waals surface area contributed by atoms with E-state index >= 15 is 0 Å². The molecule has 1 aliphatic carbocycles. The van der Waals surface area contributed by atoms with Gasteiger partial charge < -0.3 is 14.7 Å². The van der Waals surface area contributed by atoms with Gasteiger partial charge in [-0.2, -0.15) is 5.10 Å². The molecule has 2 heterocycles. The topological polar surface area (TPSA) is 78.5 Å². The predicted molar refractivity (Wildman–Crippen MR) is 111 cm³/mol. The fraction of sp³-hybridized carbons (Fsp3) is 0.565. The number of H-pyrrole nitrogens is 1. The molecule has 1 aromatic heterocycles. The lowest BCUT2D eigenvalue weighted by atomic mass is 9.95. The van der Waals surface area contributed by atoms with Crippen LogP contribution in [0.15, 0.2) is 18.2 Å². The highest BCUT2D eigenvalue weighted by Crippen LogP contribution is 2.27. The van der Waals surface area contributed by atoms with Crippen molar-refractivity contribution in [3.63, 3.8) is 0 Å². The molecule has 1 aromatic carbocycles. The van der Waals surface area contributed by atoms with Crippen molar-refractivity contribution >= 4 is 5.91 Å². The average molecular weight is 398 g/mol. The van der Waals surface area contributed by atoms with Gasteiger partial charge in [0.1, 0.15) is 18.0 Å². The highest BCUT2D eigenvalue weighted by Gasteiger charge is 2.34. The predicted octanol–water partition coefficient (Wildman–Crippen LogP) is 3.34. The van der Waals surface area contributed by atoms with Gasteiger partial charge in [0.05, 0.1) is 0 Å². The first-order valence-corrected chi connectivity index (χ1v) is 10.7. The largest absolute Gasteiger partial charge is 0.491 e. The van der Waals surface area contributed by atoms with Gasteiger partial charge in [-0.05, 0) is 82.1 Å². The molecule has 1 saturated heterocycles. The van der Waals surface area contributed by atoms with Crippen LogP contribution in [-0.4, -0.2) is 51.4 Å². The highest BCUT2D eigenvalue weighted by atomic mass is 16.5. The van der Waals surface area contributed by atoms with Gasteiger partial charge in [-0.15, -0.1) is 0 Å². The van der Waals surface area contributed by atoms with Crippen LogP contribution in [0.25, 0.3) is 0 Å². The molecule has 29 heavy (non-hydrogen) atoms. The number of aryl methyl sites for hydroxylation is 3. The van der Waals surface area contributed by atoms with Crippen LogP contribution in [0.3, 0.4) is 0 Å². The lowest BCUT2D eigenvalue weighted by Gasteiger charge is -2.27. The van der Waals surface area contributed by atoms with E-state index in [4.69, 9.17) is 4.74 Å².